The van der Waals surface area contributed by atoms with Gasteiger partial charge in [-0.25, -0.2) is 0 Å². The summed E-state index contributed by atoms with van der Waals surface area (Å²) in [4.78, 5) is 32.0. The summed E-state index contributed by atoms with van der Waals surface area (Å²) in [6.45, 7) is 7.60. The molecule has 2 aromatic rings. The number of carbonyl (C=O) groups excluding carboxylic acids is 2. The summed E-state index contributed by atoms with van der Waals surface area (Å²) in [7, 11) is 0. The summed E-state index contributed by atoms with van der Waals surface area (Å²) in [5.41, 5.74) is 1.14. The van der Waals surface area contributed by atoms with Crippen LogP contribution in [0.2, 0.25) is 0 Å². The average molecular weight is 587 g/mol. The molecule has 1 aromatic heterocycles. The van der Waals surface area contributed by atoms with Gasteiger partial charge in [-0.05, 0) is 24.5 Å². The van der Waals surface area contributed by atoms with Crippen molar-refractivity contribution in [2.45, 2.75) is 20.4 Å². The Labute approximate surface area is 220 Å². The summed E-state index contributed by atoms with van der Waals surface area (Å²) in [6, 6.07) is 8.75. The van der Waals surface area contributed by atoms with Crippen molar-refractivity contribution >= 4 is 22.8 Å². The molecule has 0 N–H and O–H groups in total. The molecule has 0 fully saturated rings. The van der Waals surface area contributed by atoms with E-state index >= 15 is 0 Å². The minimum absolute atomic E-state index is 0. The van der Waals surface area contributed by atoms with E-state index in [9.17, 15) is 24.9 Å². The second-order valence-electron chi connectivity index (χ2n) is 7.39. The van der Waals surface area contributed by atoms with Crippen LogP contribution in [0.25, 0.3) is 10.9 Å². The van der Waals surface area contributed by atoms with Crippen LogP contribution in [0.5, 0.6) is 5.75 Å². The summed E-state index contributed by atoms with van der Waals surface area (Å²) in [6.07, 6.45) is 0. The van der Waals surface area contributed by atoms with Gasteiger partial charge in [0, 0.05) is 45.8 Å². The molecule has 0 bridgehead atoms. The van der Waals surface area contributed by atoms with E-state index in [0.717, 1.165) is 30.7 Å². The van der Waals surface area contributed by atoms with Crippen molar-refractivity contribution in [1.82, 2.24) is 19.7 Å². The van der Waals surface area contributed by atoms with E-state index < -0.39 is 25.0 Å². The van der Waals surface area contributed by atoms with Gasteiger partial charge in [-0.2, -0.15) is 0 Å². The summed E-state index contributed by atoms with van der Waals surface area (Å²) < 4.78 is 0. The Morgan fingerprint density at radius 3 is 1.97 bits per heavy atom. The quantitative estimate of drug-likeness (QED) is 0.253. The molecule has 0 saturated heterocycles. The van der Waals surface area contributed by atoms with Gasteiger partial charge >= 0.3 is 39.9 Å². The monoisotopic (exact) mass is 587 g/mol. The van der Waals surface area contributed by atoms with E-state index in [1.165, 1.54) is 11.0 Å². The maximum Gasteiger partial charge on any atom is 3.00 e. The first-order chi connectivity index (χ1) is 14.8. The van der Waals surface area contributed by atoms with E-state index in [2.05, 4.69) is 28.6 Å². The fraction of sp³-hybridized carbons (Fsp3) is 0.500. The van der Waals surface area contributed by atoms with Crippen LogP contribution in [0, 0.1) is 39.9 Å². The van der Waals surface area contributed by atoms with Crippen LogP contribution in [0.15, 0.2) is 30.3 Å². The van der Waals surface area contributed by atoms with Gasteiger partial charge in [0.1, 0.15) is 0 Å². The number of benzene rings is 1. The Balaban J connectivity index is 0.00000512. The normalized spacial score (nSPS) is 11.3. The number of carboxylic acid groups (broad SMARTS) is 2. The van der Waals surface area contributed by atoms with Gasteiger partial charge < -0.3 is 29.8 Å². The van der Waals surface area contributed by atoms with Crippen LogP contribution in [-0.2, 0) is 16.1 Å². The second-order valence-corrected chi connectivity index (χ2v) is 7.39. The number of nitrogens with zero attached hydrogens (tertiary/aromatic N) is 4. The van der Waals surface area contributed by atoms with Crippen molar-refractivity contribution in [3.05, 3.63) is 36.0 Å². The van der Waals surface area contributed by atoms with Crippen molar-refractivity contribution in [3.63, 3.8) is 0 Å². The molecule has 9 nitrogen and oxygen atoms in total. The van der Waals surface area contributed by atoms with Gasteiger partial charge in [-0.15, -0.1) is 0 Å². The minimum atomic E-state index is -1.34. The van der Waals surface area contributed by atoms with E-state index in [0.29, 0.717) is 25.2 Å². The summed E-state index contributed by atoms with van der Waals surface area (Å²) >= 11 is 0. The Kier molecular flexibility index (Phi) is 13.1. The maximum absolute atomic E-state index is 12.1. The third kappa shape index (κ3) is 9.60. The first-order valence-electron chi connectivity index (χ1n) is 10.4. The predicted octanol–water partition coefficient (Wildman–Crippen LogP) is -1.75. The Morgan fingerprint density at radius 2 is 1.41 bits per heavy atom. The van der Waals surface area contributed by atoms with Crippen LogP contribution >= 0.6 is 0 Å². The molecular weight excluding hydrogens is 558 g/mol. The largest absolute Gasteiger partial charge is 3.00 e. The number of fused-ring (bicyclic) bond motifs is 1. The van der Waals surface area contributed by atoms with Gasteiger partial charge in [0.25, 0.3) is 0 Å². The fourth-order valence-corrected chi connectivity index (χ4v) is 3.43. The van der Waals surface area contributed by atoms with Gasteiger partial charge in [0.05, 0.1) is 23.1 Å². The number of hydrogen-bond donors (Lipinski definition) is 0. The standard InChI is InChI=1S/C22H32N4O5.Gd/c1-3-24(4-2)10-11-25(12-13-26(15-20(28)29)16-21(30)31)14-18-9-8-17-6-5-7-19(27)22(17)23-18;/h5-9,27H,3-4,10-16H2,1-2H3,(H,28,29)(H,30,31);/q;+3/p-3. The van der Waals surface area contributed by atoms with Gasteiger partial charge in [-0.3, -0.25) is 14.8 Å². The number of carbonyl (C=O) groups is 2. The molecule has 1 radical (unpaired) electrons. The van der Waals surface area contributed by atoms with Crippen molar-refractivity contribution in [3.8, 4) is 5.75 Å². The summed E-state index contributed by atoms with van der Waals surface area (Å²) in [5, 5.41) is 34.8. The van der Waals surface area contributed by atoms with Crippen molar-refractivity contribution in [1.29, 1.82) is 0 Å². The molecule has 175 valence electrons. The van der Waals surface area contributed by atoms with Crippen molar-refractivity contribution < 1.29 is 64.8 Å². The first-order valence-corrected chi connectivity index (χ1v) is 10.4. The SMILES string of the molecule is CCN(CC)CCN(CCN(CC(=O)[O-])CC(=O)[O-])Cc1ccc2cccc([O-])c2n1.[Gd+3]. The molecule has 0 aliphatic carbocycles. The molecule has 32 heavy (non-hydrogen) atoms. The van der Waals surface area contributed by atoms with Gasteiger partial charge in [0.15, 0.2) is 0 Å². The number of likely N-dealkylation sites (N-methyl/N-ethyl adjacent to an activating group) is 1. The number of para-hydroxylation sites is 1. The number of rotatable bonds is 14. The van der Waals surface area contributed by atoms with E-state index in [1.807, 2.05) is 18.2 Å². The third-order valence-electron chi connectivity index (χ3n) is 5.19. The van der Waals surface area contributed by atoms with Crippen LogP contribution in [0.1, 0.15) is 19.5 Å². The number of aliphatic carboxylic acids is 2. The van der Waals surface area contributed by atoms with Crippen LogP contribution in [0.3, 0.4) is 0 Å². The maximum atomic E-state index is 12.1. The molecule has 0 aliphatic heterocycles. The zero-order valence-electron chi connectivity index (χ0n) is 18.4. The fourth-order valence-electron chi connectivity index (χ4n) is 3.43. The van der Waals surface area contributed by atoms with E-state index in [-0.39, 0.29) is 52.2 Å². The third-order valence-corrected chi connectivity index (χ3v) is 5.19. The predicted molar refractivity (Wildman–Crippen MR) is 111 cm³/mol. The average Bonchev–Trinajstić information content (AvgIpc) is 2.72. The number of pyridine rings is 1. The van der Waals surface area contributed by atoms with Crippen LogP contribution in [0.4, 0.5) is 0 Å². The van der Waals surface area contributed by atoms with Gasteiger partial charge in [-0.1, -0.05) is 43.9 Å². The van der Waals surface area contributed by atoms with Crippen LogP contribution in [-0.4, -0.2) is 84.0 Å². The molecule has 0 amide bonds. The van der Waals surface area contributed by atoms with E-state index in [1.54, 1.807) is 6.07 Å². The molecule has 0 atom stereocenters. The molecule has 0 saturated carbocycles. The molecule has 0 spiro atoms. The smallest absolute Gasteiger partial charge is 0.871 e. The Bertz CT molecular complexity index is 863. The number of hydrogen-bond acceptors (Lipinski definition) is 9. The van der Waals surface area contributed by atoms with Crippen molar-refractivity contribution in [2.24, 2.45) is 0 Å². The molecule has 0 unspecified atom stereocenters. The summed E-state index contributed by atoms with van der Waals surface area (Å²) in [5.74, 6) is -2.81. The zero-order chi connectivity index (χ0) is 22.8. The molecule has 2 rings (SSSR count). The van der Waals surface area contributed by atoms with Gasteiger partial charge in [0.2, 0.25) is 0 Å². The topological polar surface area (TPSA) is 126 Å². The van der Waals surface area contributed by atoms with Crippen molar-refractivity contribution in [2.75, 3.05) is 52.4 Å². The molecule has 1 aromatic carbocycles. The first kappa shape index (κ1) is 28.6. The van der Waals surface area contributed by atoms with E-state index in [4.69, 9.17) is 0 Å². The number of carboxylic acids is 2. The number of aromatic nitrogens is 1. The minimum Gasteiger partial charge on any atom is -0.871 e. The Hall–Kier alpha value is -1.43. The zero-order valence-corrected chi connectivity index (χ0v) is 20.7. The molecular formula is C22H29GdN4O5. The van der Waals surface area contributed by atoms with Crippen LogP contribution < -0.4 is 15.3 Å². The Morgan fingerprint density at radius 1 is 0.844 bits per heavy atom. The second kappa shape index (κ2) is 14.7. The molecule has 1 heterocycles. The molecule has 0 aliphatic rings. The molecule has 10 heteroatoms.